The van der Waals surface area contributed by atoms with Gasteiger partial charge in [0.05, 0.1) is 12.1 Å². The molecule has 1 heterocycles. The second-order valence-corrected chi connectivity index (χ2v) is 4.05. The molecule has 0 saturated heterocycles. The van der Waals surface area contributed by atoms with Gasteiger partial charge in [0.15, 0.2) is 5.58 Å². The Bertz CT molecular complexity index is 740. The molecular formula is C14H10FNO2. The summed E-state index contributed by atoms with van der Waals surface area (Å²) in [6, 6.07) is 13.3. The fraction of sp³-hybridized carbons (Fsp3) is 0.0714. The van der Waals surface area contributed by atoms with Gasteiger partial charge in [-0.25, -0.2) is 9.18 Å². The molecule has 0 N–H and O–H groups in total. The molecule has 3 aromatic rings. The van der Waals surface area contributed by atoms with Gasteiger partial charge < -0.3 is 4.42 Å². The van der Waals surface area contributed by atoms with Gasteiger partial charge >= 0.3 is 5.76 Å². The van der Waals surface area contributed by atoms with Crippen LogP contribution < -0.4 is 5.76 Å². The monoisotopic (exact) mass is 243 g/mol. The molecular weight excluding hydrogens is 233 g/mol. The molecule has 2 aromatic carbocycles. The lowest BCUT2D eigenvalue weighted by Gasteiger charge is -2.02. The third kappa shape index (κ3) is 1.82. The molecule has 3 rings (SSSR count). The van der Waals surface area contributed by atoms with Crippen molar-refractivity contribution >= 4 is 11.1 Å². The number of para-hydroxylation sites is 2. The summed E-state index contributed by atoms with van der Waals surface area (Å²) in [5.41, 5.74) is 2.15. The first-order chi connectivity index (χ1) is 8.74. The van der Waals surface area contributed by atoms with Gasteiger partial charge in [-0.2, -0.15) is 0 Å². The van der Waals surface area contributed by atoms with Crippen LogP contribution in [0.3, 0.4) is 0 Å². The highest BCUT2D eigenvalue weighted by atomic mass is 19.1. The maximum atomic E-state index is 12.8. The van der Waals surface area contributed by atoms with Crippen LogP contribution in [-0.4, -0.2) is 4.57 Å². The lowest BCUT2D eigenvalue weighted by molar-refractivity contribution is 0.517. The molecule has 0 spiro atoms. The summed E-state index contributed by atoms with van der Waals surface area (Å²) < 4.78 is 19.5. The van der Waals surface area contributed by atoms with Crippen LogP contribution >= 0.6 is 0 Å². The number of hydrogen-bond acceptors (Lipinski definition) is 2. The van der Waals surface area contributed by atoms with E-state index in [-0.39, 0.29) is 5.82 Å². The summed E-state index contributed by atoms with van der Waals surface area (Å²) in [5.74, 6) is -0.691. The Morgan fingerprint density at radius 3 is 2.56 bits per heavy atom. The molecule has 0 radical (unpaired) electrons. The largest absolute Gasteiger partial charge is 0.420 e. The number of rotatable bonds is 2. The predicted octanol–water partition coefficient (Wildman–Crippen LogP) is 2.78. The number of fused-ring (bicyclic) bond motifs is 1. The fourth-order valence-corrected chi connectivity index (χ4v) is 1.94. The molecule has 0 bridgehead atoms. The van der Waals surface area contributed by atoms with E-state index in [0.29, 0.717) is 12.1 Å². The summed E-state index contributed by atoms with van der Waals surface area (Å²) in [4.78, 5) is 11.7. The van der Waals surface area contributed by atoms with Crippen molar-refractivity contribution in [3.63, 3.8) is 0 Å². The summed E-state index contributed by atoms with van der Waals surface area (Å²) >= 11 is 0. The van der Waals surface area contributed by atoms with Gasteiger partial charge in [0.25, 0.3) is 0 Å². The molecule has 3 nitrogen and oxygen atoms in total. The van der Waals surface area contributed by atoms with E-state index in [1.54, 1.807) is 18.2 Å². The summed E-state index contributed by atoms with van der Waals surface area (Å²) in [7, 11) is 0. The van der Waals surface area contributed by atoms with Crippen molar-refractivity contribution in [2.75, 3.05) is 0 Å². The quantitative estimate of drug-likeness (QED) is 0.693. The van der Waals surface area contributed by atoms with Crippen molar-refractivity contribution in [3.8, 4) is 0 Å². The first-order valence-electron chi connectivity index (χ1n) is 5.57. The van der Waals surface area contributed by atoms with E-state index in [1.807, 2.05) is 18.2 Å². The Morgan fingerprint density at radius 2 is 1.78 bits per heavy atom. The average Bonchev–Trinajstić information content (AvgIpc) is 2.69. The van der Waals surface area contributed by atoms with Gasteiger partial charge in [0.1, 0.15) is 5.82 Å². The first-order valence-corrected chi connectivity index (χ1v) is 5.57. The Hall–Kier alpha value is -2.36. The lowest BCUT2D eigenvalue weighted by atomic mass is 10.2. The number of hydrogen-bond donors (Lipinski definition) is 0. The summed E-state index contributed by atoms with van der Waals surface area (Å²) in [6.45, 7) is 0.371. The zero-order valence-corrected chi connectivity index (χ0v) is 9.47. The number of benzene rings is 2. The van der Waals surface area contributed by atoms with E-state index in [0.717, 1.165) is 11.1 Å². The molecule has 18 heavy (non-hydrogen) atoms. The number of aromatic nitrogens is 1. The summed E-state index contributed by atoms with van der Waals surface area (Å²) in [5, 5.41) is 0. The van der Waals surface area contributed by atoms with Gasteiger partial charge in [0.2, 0.25) is 0 Å². The Morgan fingerprint density at radius 1 is 1.06 bits per heavy atom. The molecule has 0 saturated carbocycles. The van der Waals surface area contributed by atoms with E-state index in [2.05, 4.69) is 0 Å². The zero-order chi connectivity index (χ0) is 12.5. The standard InChI is InChI=1S/C14H10FNO2/c15-11-7-5-10(6-8-11)9-16-12-3-1-2-4-13(12)18-14(16)17/h1-8H,9H2. The number of oxazole rings is 1. The highest BCUT2D eigenvalue weighted by Gasteiger charge is 2.08. The van der Waals surface area contributed by atoms with Gasteiger partial charge in [-0.1, -0.05) is 24.3 Å². The topological polar surface area (TPSA) is 35.1 Å². The van der Waals surface area contributed by atoms with Crippen LogP contribution in [0.2, 0.25) is 0 Å². The van der Waals surface area contributed by atoms with Crippen molar-refractivity contribution in [2.45, 2.75) is 6.54 Å². The molecule has 0 aliphatic heterocycles. The fourth-order valence-electron chi connectivity index (χ4n) is 1.94. The maximum Gasteiger partial charge on any atom is 0.420 e. The van der Waals surface area contributed by atoms with E-state index in [9.17, 15) is 9.18 Å². The SMILES string of the molecule is O=c1oc2ccccc2n1Cc1ccc(F)cc1. The number of halogens is 1. The second-order valence-electron chi connectivity index (χ2n) is 4.05. The van der Waals surface area contributed by atoms with E-state index < -0.39 is 5.76 Å². The Balaban J connectivity index is 2.07. The van der Waals surface area contributed by atoms with Gasteiger partial charge in [-0.3, -0.25) is 4.57 Å². The normalized spacial score (nSPS) is 10.9. The van der Waals surface area contributed by atoms with Crippen molar-refractivity contribution in [1.29, 1.82) is 0 Å². The van der Waals surface area contributed by atoms with Crippen LogP contribution in [0.5, 0.6) is 0 Å². The van der Waals surface area contributed by atoms with Crippen LogP contribution in [0.4, 0.5) is 4.39 Å². The maximum absolute atomic E-state index is 12.8. The van der Waals surface area contributed by atoms with Gasteiger partial charge in [-0.05, 0) is 29.8 Å². The third-order valence-corrected chi connectivity index (χ3v) is 2.83. The molecule has 0 unspecified atom stereocenters. The Labute approximate surface area is 102 Å². The lowest BCUT2D eigenvalue weighted by Crippen LogP contribution is -2.14. The molecule has 0 aliphatic rings. The molecule has 4 heteroatoms. The minimum atomic E-state index is -0.402. The Kier molecular flexibility index (Phi) is 2.48. The minimum Gasteiger partial charge on any atom is -0.408 e. The molecule has 0 amide bonds. The van der Waals surface area contributed by atoms with Gasteiger partial charge in [-0.15, -0.1) is 0 Å². The molecule has 1 aromatic heterocycles. The second kappa shape index (κ2) is 4.14. The predicted molar refractivity (Wildman–Crippen MR) is 66.0 cm³/mol. The molecule has 90 valence electrons. The van der Waals surface area contributed by atoms with E-state index in [4.69, 9.17) is 4.42 Å². The van der Waals surface area contributed by atoms with Crippen LogP contribution in [0.25, 0.3) is 11.1 Å². The average molecular weight is 243 g/mol. The molecule has 0 aliphatic carbocycles. The summed E-state index contributed by atoms with van der Waals surface area (Å²) in [6.07, 6.45) is 0. The van der Waals surface area contributed by atoms with E-state index >= 15 is 0 Å². The highest BCUT2D eigenvalue weighted by molar-refractivity contribution is 5.72. The molecule has 0 atom stereocenters. The van der Waals surface area contributed by atoms with Crippen LogP contribution in [0, 0.1) is 5.82 Å². The highest BCUT2D eigenvalue weighted by Crippen LogP contribution is 2.13. The van der Waals surface area contributed by atoms with Crippen molar-refractivity contribution in [3.05, 3.63) is 70.5 Å². The van der Waals surface area contributed by atoms with Crippen molar-refractivity contribution in [1.82, 2.24) is 4.57 Å². The minimum absolute atomic E-state index is 0.289. The van der Waals surface area contributed by atoms with Gasteiger partial charge in [0, 0.05) is 0 Å². The smallest absolute Gasteiger partial charge is 0.408 e. The van der Waals surface area contributed by atoms with Crippen LogP contribution in [-0.2, 0) is 6.54 Å². The van der Waals surface area contributed by atoms with Crippen molar-refractivity contribution < 1.29 is 8.81 Å². The van der Waals surface area contributed by atoms with Crippen LogP contribution in [0.15, 0.2) is 57.7 Å². The van der Waals surface area contributed by atoms with Crippen LogP contribution in [0.1, 0.15) is 5.56 Å². The van der Waals surface area contributed by atoms with E-state index in [1.165, 1.54) is 16.7 Å². The third-order valence-electron chi connectivity index (χ3n) is 2.83. The van der Waals surface area contributed by atoms with Crippen molar-refractivity contribution in [2.24, 2.45) is 0 Å². The zero-order valence-electron chi connectivity index (χ0n) is 9.47. The number of nitrogens with zero attached hydrogens (tertiary/aromatic N) is 1. The molecule has 0 fully saturated rings. The first kappa shape index (κ1) is 10.8.